The number of amidine groups is 1. The van der Waals surface area contributed by atoms with Crippen molar-refractivity contribution in [3.8, 4) is 22.8 Å². The number of nitrogen functional groups attached to an aromatic ring is 1. The number of rotatable bonds is 10. The van der Waals surface area contributed by atoms with E-state index in [1.165, 1.54) is 0 Å². The van der Waals surface area contributed by atoms with Crippen LogP contribution in [0.3, 0.4) is 0 Å². The van der Waals surface area contributed by atoms with Crippen LogP contribution in [0.25, 0.3) is 11.3 Å². The third-order valence-corrected chi connectivity index (χ3v) is 5.77. The molecule has 0 bridgehead atoms. The molecule has 0 aliphatic carbocycles. The van der Waals surface area contributed by atoms with Crippen LogP contribution in [0, 0.1) is 11.2 Å². The highest BCUT2D eigenvalue weighted by atomic mass is 19.1. The number of halogens is 1. The van der Waals surface area contributed by atoms with Crippen molar-refractivity contribution in [2.75, 3.05) is 11.9 Å². The van der Waals surface area contributed by atoms with Gasteiger partial charge in [-0.3, -0.25) is 5.41 Å². The van der Waals surface area contributed by atoms with Crippen molar-refractivity contribution in [2.45, 2.75) is 32.9 Å². The fraction of sp³-hybridized carbons (Fsp3) is 0.241. The molecule has 0 aliphatic heterocycles. The standard InChI is InChI=1S/C29H32FN5O2/c1-5-36-22-15-23(26(30)25(16-22)37-18(2)3)27(33-21-13-11-20(12-14-21)28(31)32)29-34-24(17-35(29)4)19-9-7-6-8-10-19/h6-18,27,33H,5H2,1-4H3,(H3,31,32). The van der Waals surface area contributed by atoms with Gasteiger partial charge in [0, 0.05) is 41.7 Å². The molecule has 0 saturated heterocycles. The molecule has 4 aromatic rings. The van der Waals surface area contributed by atoms with E-state index in [-0.39, 0.29) is 17.7 Å². The van der Waals surface area contributed by atoms with E-state index in [1.54, 1.807) is 36.4 Å². The summed E-state index contributed by atoms with van der Waals surface area (Å²) in [7, 11) is 1.89. The lowest BCUT2D eigenvalue weighted by Gasteiger charge is -2.23. The number of benzene rings is 3. The van der Waals surface area contributed by atoms with E-state index in [9.17, 15) is 0 Å². The van der Waals surface area contributed by atoms with Gasteiger partial charge in [0.1, 0.15) is 23.5 Å². The SMILES string of the molecule is CCOc1cc(OC(C)C)c(F)c(C(Nc2ccc(C(=N)N)cc2)c2nc(-c3ccccc3)cn2C)c1. The number of imidazole rings is 1. The van der Waals surface area contributed by atoms with Crippen LogP contribution in [-0.4, -0.2) is 28.1 Å². The van der Waals surface area contributed by atoms with Crippen LogP contribution in [0.2, 0.25) is 0 Å². The van der Waals surface area contributed by atoms with E-state index in [4.69, 9.17) is 25.6 Å². The van der Waals surface area contributed by atoms with Gasteiger partial charge in [-0.15, -0.1) is 0 Å². The maximum atomic E-state index is 16.0. The monoisotopic (exact) mass is 501 g/mol. The molecule has 0 amide bonds. The third-order valence-electron chi connectivity index (χ3n) is 5.77. The van der Waals surface area contributed by atoms with Gasteiger partial charge >= 0.3 is 0 Å². The Kier molecular flexibility index (Phi) is 7.77. The topological polar surface area (TPSA) is 98.2 Å². The lowest BCUT2D eigenvalue weighted by molar-refractivity contribution is 0.228. The molecule has 37 heavy (non-hydrogen) atoms. The van der Waals surface area contributed by atoms with Crippen molar-refractivity contribution in [3.63, 3.8) is 0 Å². The minimum Gasteiger partial charge on any atom is -0.494 e. The zero-order valence-corrected chi connectivity index (χ0v) is 21.5. The number of nitrogens with zero attached hydrogens (tertiary/aromatic N) is 2. The first-order valence-electron chi connectivity index (χ1n) is 12.2. The van der Waals surface area contributed by atoms with E-state index >= 15 is 4.39 Å². The van der Waals surface area contributed by atoms with Crippen molar-refractivity contribution in [1.29, 1.82) is 5.41 Å². The molecule has 0 radical (unpaired) electrons. The minimum atomic E-state index is -0.680. The number of hydrogen-bond donors (Lipinski definition) is 3. The molecule has 1 aromatic heterocycles. The first kappa shape index (κ1) is 25.8. The predicted molar refractivity (Wildman–Crippen MR) is 145 cm³/mol. The number of nitrogens with two attached hydrogens (primary N) is 1. The zero-order valence-electron chi connectivity index (χ0n) is 21.5. The van der Waals surface area contributed by atoms with Gasteiger partial charge in [-0.25, -0.2) is 9.37 Å². The largest absolute Gasteiger partial charge is 0.494 e. The molecule has 4 rings (SSSR count). The maximum Gasteiger partial charge on any atom is 0.171 e. The first-order chi connectivity index (χ1) is 17.8. The van der Waals surface area contributed by atoms with Gasteiger partial charge in [0.15, 0.2) is 11.6 Å². The summed E-state index contributed by atoms with van der Waals surface area (Å²) >= 11 is 0. The Bertz CT molecular complexity index is 1370. The quantitative estimate of drug-likeness (QED) is 0.186. The highest BCUT2D eigenvalue weighted by Gasteiger charge is 2.27. The molecule has 0 fully saturated rings. The van der Waals surface area contributed by atoms with Crippen molar-refractivity contribution in [2.24, 2.45) is 12.8 Å². The Morgan fingerprint density at radius 1 is 1.11 bits per heavy atom. The maximum absolute atomic E-state index is 16.0. The van der Waals surface area contributed by atoms with E-state index < -0.39 is 11.9 Å². The van der Waals surface area contributed by atoms with Crippen molar-refractivity contribution >= 4 is 11.5 Å². The molecular formula is C29H32FN5O2. The molecule has 4 N–H and O–H groups in total. The van der Waals surface area contributed by atoms with Gasteiger partial charge in [-0.05, 0) is 51.1 Å². The van der Waals surface area contributed by atoms with Crippen LogP contribution >= 0.6 is 0 Å². The average Bonchev–Trinajstić information content (AvgIpc) is 3.26. The predicted octanol–water partition coefficient (Wildman–Crippen LogP) is 5.90. The normalized spacial score (nSPS) is 11.8. The van der Waals surface area contributed by atoms with E-state index in [0.717, 1.165) is 11.3 Å². The fourth-order valence-electron chi connectivity index (χ4n) is 4.08. The van der Waals surface area contributed by atoms with Gasteiger partial charge < -0.3 is 25.1 Å². The van der Waals surface area contributed by atoms with E-state index in [1.807, 2.05) is 68.9 Å². The molecular weight excluding hydrogens is 469 g/mol. The molecule has 3 aromatic carbocycles. The van der Waals surface area contributed by atoms with Crippen LogP contribution in [0.5, 0.6) is 11.5 Å². The first-order valence-corrected chi connectivity index (χ1v) is 12.2. The lowest BCUT2D eigenvalue weighted by atomic mass is 10.0. The molecule has 0 spiro atoms. The molecule has 1 heterocycles. The van der Waals surface area contributed by atoms with Crippen LogP contribution < -0.4 is 20.5 Å². The Balaban J connectivity index is 1.86. The molecule has 0 aliphatic rings. The van der Waals surface area contributed by atoms with Crippen molar-refractivity contribution in [3.05, 3.63) is 95.7 Å². The molecule has 8 heteroatoms. The van der Waals surface area contributed by atoms with Crippen LogP contribution in [0.1, 0.15) is 43.8 Å². The van der Waals surface area contributed by atoms with Crippen LogP contribution in [-0.2, 0) is 7.05 Å². The minimum absolute atomic E-state index is 0.0226. The highest BCUT2D eigenvalue weighted by Crippen LogP contribution is 2.37. The zero-order chi connectivity index (χ0) is 26.5. The number of anilines is 1. The second-order valence-corrected chi connectivity index (χ2v) is 8.95. The van der Waals surface area contributed by atoms with Gasteiger partial charge in [-0.1, -0.05) is 30.3 Å². The Morgan fingerprint density at radius 3 is 2.43 bits per heavy atom. The Morgan fingerprint density at radius 2 is 1.81 bits per heavy atom. The van der Waals surface area contributed by atoms with Gasteiger partial charge in [-0.2, -0.15) is 0 Å². The number of aromatic nitrogens is 2. The smallest absolute Gasteiger partial charge is 0.171 e. The third kappa shape index (κ3) is 5.91. The summed E-state index contributed by atoms with van der Waals surface area (Å²) in [5.74, 6) is 0.723. The Hall–Kier alpha value is -4.33. The van der Waals surface area contributed by atoms with Crippen LogP contribution in [0.15, 0.2) is 72.9 Å². The molecule has 1 atom stereocenters. The van der Waals surface area contributed by atoms with E-state index in [2.05, 4.69) is 5.32 Å². The molecule has 7 nitrogen and oxygen atoms in total. The second kappa shape index (κ2) is 11.2. The Labute approximate surface area is 216 Å². The second-order valence-electron chi connectivity index (χ2n) is 8.95. The van der Waals surface area contributed by atoms with Crippen molar-refractivity contribution < 1.29 is 13.9 Å². The highest BCUT2D eigenvalue weighted by molar-refractivity contribution is 5.95. The summed E-state index contributed by atoms with van der Waals surface area (Å²) < 4.78 is 29.5. The van der Waals surface area contributed by atoms with Gasteiger partial charge in [0.25, 0.3) is 0 Å². The summed E-state index contributed by atoms with van der Waals surface area (Å²) in [4.78, 5) is 4.90. The molecule has 1 unspecified atom stereocenters. The number of ether oxygens (including phenoxy) is 2. The summed E-state index contributed by atoms with van der Waals surface area (Å²) in [5, 5.41) is 11.1. The average molecular weight is 502 g/mol. The summed E-state index contributed by atoms with van der Waals surface area (Å²) in [6.07, 6.45) is 1.70. The fourth-order valence-corrected chi connectivity index (χ4v) is 4.08. The molecule has 192 valence electrons. The van der Waals surface area contributed by atoms with E-state index in [0.29, 0.717) is 35.0 Å². The summed E-state index contributed by atoms with van der Waals surface area (Å²) in [6.45, 7) is 6.01. The summed E-state index contributed by atoms with van der Waals surface area (Å²) in [5.41, 5.74) is 9.01. The number of aryl methyl sites for hydroxylation is 1. The number of nitrogens with one attached hydrogen (secondary N) is 2. The summed E-state index contributed by atoms with van der Waals surface area (Å²) in [6, 6.07) is 19.5. The van der Waals surface area contributed by atoms with Gasteiger partial charge in [0.2, 0.25) is 0 Å². The number of hydrogen-bond acceptors (Lipinski definition) is 5. The van der Waals surface area contributed by atoms with Gasteiger partial charge in [0.05, 0.1) is 18.4 Å². The van der Waals surface area contributed by atoms with Crippen molar-refractivity contribution in [1.82, 2.24) is 9.55 Å². The molecule has 0 saturated carbocycles. The van der Waals surface area contributed by atoms with Crippen LogP contribution in [0.4, 0.5) is 10.1 Å². The lowest BCUT2D eigenvalue weighted by Crippen LogP contribution is -2.19.